The molecular formula is C31H37N5O4. The Kier molecular flexibility index (Phi) is 6.43. The fourth-order valence-electron chi connectivity index (χ4n) is 6.94. The van der Waals surface area contributed by atoms with Gasteiger partial charge in [0.05, 0.1) is 17.6 Å². The third-order valence-corrected chi connectivity index (χ3v) is 8.38. The topological polar surface area (TPSA) is 146 Å². The van der Waals surface area contributed by atoms with E-state index in [0.717, 1.165) is 41.6 Å². The second kappa shape index (κ2) is 9.31. The molecule has 1 aliphatic heterocycles. The van der Waals surface area contributed by atoms with Crippen LogP contribution in [0.5, 0.6) is 5.88 Å². The van der Waals surface area contributed by atoms with Gasteiger partial charge >= 0.3 is 6.09 Å². The number of H-pyrrole nitrogens is 1. The monoisotopic (exact) mass is 543 g/mol. The number of aryl methyl sites for hydroxylation is 1. The molecule has 1 aromatic carbocycles. The van der Waals surface area contributed by atoms with E-state index >= 15 is 0 Å². The van der Waals surface area contributed by atoms with Gasteiger partial charge in [0.2, 0.25) is 11.8 Å². The summed E-state index contributed by atoms with van der Waals surface area (Å²) in [6.07, 6.45) is 2.40. The third kappa shape index (κ3) is 4.39. The Morgan fingerprint density at radius 2 is 2.00 bits per heavy atom. The van der Waals surface area contributed by atoms with Crippen molar-refractivity contribution in [3.63, 3.8) is 0 Å². The number of alkyl carbamates (subject to hydrolysis) is 1. The number of carbonyl (C=O) groups is 1. The maximum atomic E-state index is 12.1. The summed E-state index contributed by atoms with van der Waals surface area (Å²) in [7, 11) is 0. The summed E-state index contributed by atoms with van der Waals surface area (Å²) in [5.74, 6) is 7.14. The molecule has 5 N–H and O–H groups in total. The first-order valence-electron chi connectivity index (χ1n) is 13.7. The highest BCUT2D eigenvalue weighted by Gasteiger charge is 2.67. The molecule has 40 heavy (non-hydrogen) atoms. The zero-order valence-electron chi connectivity index (χ0n) is 24.0. The van der Waals surface area contributed by atoms with Crippen molar-refractivity contribution in [2.75, 3.05) is 6.54 Å². The van der Waals surface area contributed by atoms with E-state index in [2.05, 4.69) is 33.4 Å². The van der Waals surface area contributed by atoms with E-state index in [1.807, 2.05) is 59.7 Å². The van der Waals surface area contributed by atoms with Gasteiger partial charge in [0.25, 0.3) is 0 Å². The Hall–Kier alpha value is -3.95. The van der Waals surface area contributed by atoms with Gasteiger partial charge in [-0.25, -0.2) is 4.79 Å². The van der Waals surface area contributed by atoms with Crippen LogP contribution in [0.2, 0.25) is 0 Å². The lowest BCUT2D eigenvalue weighted by Crippen LogP contribution is -2.65. The van der Waals surface area contributed by atoms with Crippen molar-refractivity contribution in [2.45, 2.75) is 78.4 Å². The van der Waals surface area contributed by atoms with Crippen LogP contribution < -0.4 is 15.8 Å². The van der Waals surface area contributed by atoms with Crippen molar-refractivity contribution in [1.29, 1.82) is 5.26 Å². The maximum absolute atomic E-state index is 12.1. The Bertz CT molecular complexity index is 1490. The molecule has 0 spiro atoms. The van der Waals surface area contributed by atoms with Gasteiger partial charge in [-0.1, -0.05) is 31.8 Å². The number of fused-ring (bicyclic) bond motifs is 1. The molecule has 0 radical (unpaired) electrons. The number of hydrogen-bond donors (Lipinski definition) is 4. The molecule has 2 heterocycles. The lowest BCUT2D eigenvalue weighted by molar-refractivity contribution is -0.157. The van der Waals surface area contributed by atoms with Crippen molar-refractivity contribution < 1.29 is 19.4 Å². The molecule has 4 aliphatic rings. The molecule has 1 atom stereocenters. The van der Waals surface area contributed by atoms with Gasteiger partial charge < -0.3 is 25.6 Å². The van der Waals surface area contributed by atoms with Crippen LogP contribution in [-0.2, 0) is 16.8 Å². The number of aliphatic hydroxyl groups excluding tert-OH is 1. The van der Waals surface area contributed by atoms with E-state index in [4.69, 9.17) is 15.2 Å². The van der Waals surface area contributed by atoms with E-state index in [9.17, 15) is 15.2 Å². The predicted molar refractivity (Wildman–Crippen MR) is 149 cm³/mol. The molecule has 1 unspecified atom stereocenters. The Balaban J connectivity index is 1.44. The number of benzene rings is 1. The first kappa shape index (κ1) is 27.6. The maximum Gasteiger partial charge on any atom is 0.407 e. The molecule has 9 nitrogen and oxygen atoms in total. The lowest BCUT2D eigenvalue weighted by Gasteiger charge is -2.68. The molecule has 1 amide bonds. The smallest absolute Gasteiger partial charge is 0.407 e. The van der Waals surface area contributed by atoms with Crippen LogP contribution in [0.1, 0.15) is 81.8 Å². The van der Waals surface area contributed by atoms with Gasteiger partial charge in [0.1, 0.15) is 17.2 Å². The number of aromatic nitrogens is 2. The van der Waals surface area contributed by atoms with Crippen LogP contribution in [0.3, 0.4) is 0 Å². The normalized spacial score (nSPS) is 26.4. The highest BCUT2D eigenvalue weighted by Crippen LogP contribution is 2.72. The minimum atomic E-state index is -0.932. The Labute approximate surface area is 235 Å². The Morgan fingerprint density at radius 1 is 1.30 bits per heavy atom. The average molecular weight is 544 g/mol. The van der Waals surface area contributed by atoms with Gasteiger partial charge in [-0.3, -0.25) is 5.10 Å². The molecule has 0 saturated heterocycles. The van der Waals surface area contributed by atoms with E-state index in [1.54, 1.807) is 0 Å². The van der Waals surface area contributed by atoms with Crippen LogP contribution in [-0.4, -0.2) is 33.5 Å². The predicted octanol–water partition coefficient (Wildman–Crippen LogP) is 4.29. The van der Waals surface area contributed by atoms with Gasteiger partial charge in [0.15, 0.2) is 0 Å². The van der Waals surface area contributed by atoms with E-state index in [0.29, 0.717) is 23.6 Å². The molecule has 3 saturated carbocycles. The summed E-state index contributed by atoms with van der Waals surface area (Å²) >= 11 is 0. The van der Waals surface area contributed by atoms with Crippen LogP contribution in [0.15, 0.2) is 29.7 Å². The number of ether oxygens (including phenoxy) is 2. The minimum Gasteiger partial charge on any atom is -0.444 e. The summed E-state index contributed by atoms with van der Waals surface area (Å²) in [5, 5.41) is 30.6. The summed E-state index contributed by atoms with van der Waals surface area (Å²) in [6.45, 7) is 11.9. The number of nitriles is 1. The highest BCUT2D eigenvalue weighted by atomic mass is 16.6. The second-order valence-corrected chi connectivity index (χ2v) is 12.9. The molecule has 3 fully saturated rings. The lowest BCUT2D eigenvalue weighted by atomic mass is 9.35. The molecule has 210 valence electrons. The largest absolute Gasteiger partial charge is 0.444 e. The first-order chi connectivity index (χ1) is 18.8. The standard InChI is InChI=1S/C31H37N5O4/c1-18(2)31(23(12-32)25(33)39-26-24(31)19(3)35-36-26)22-10-20(9-21(11-22)13-37)7-8-29-14-30(15-29,16-29)17-34-27(38)40-28(4,5)6/h9-11,18,37H,13-17,33H2,1-6H3,(H,34,38)(H,35,36). The number of nitrogens with two attached hydrogens (primary N) is 1. The summed E-state index contributed by atoms with van der Waals surface area (Å²) in [4.78, 5) is 12.1. The quantitative estimate of drug-likeness (QED) is 0.412. The number of allylic oxidation sites excluding steroid dienone is 1. The minimum absolute atomic E-state index is 0.0244. The second-order valence-electron chi connectivity index (χ2n) is 12.9. The molecule has 9 heteroatoms. The number of nitrogens with one attached hydrogen (secondary N) is 2. The SMILES string of the molecule is Cc1[nH]nc2c1C(c1cc(C#CC34CC(CNC(=O)OC(C)(C)C)(C3)C4)cc(CO)c1)(C(C)C)C(C#N)=C(N)O2. The number of rotatable bonds is 5. The zero-order valence-corrected chi connectivity index (χ0v) is 24.0. The van der Waals surface area contributed by atoms with Crippen molar-refractivity contribution in [1.82, 2.24) is 15.5 Å². The Morgan fingerprint density at radius 3 is 2.60 bits per heavy atom. The third-order valence-electron chi connectivity index (χ3n) is 8.38. The number of amides is 1. The van der Waals surface area contributed by atoms with E-state index in [1.165, 1.54) is 0 Å². The van der Waals surface area contributed by atoms with Crippen LogP contribution in [0, 0.1) is 46.8 Å². The van der Waals surface area contributed by atoms with Crippen molar-refractivity contribution >= 4 is 6.09 Å². The van der Waals surface area contributed by atoms with Gasteiger partial charge in [-0.05, 0) is 81.5 Å². The highest BCUT2D eigenvalue weighted by molar-refractivity contribution is 5.68. The van der Waals surface area contributed by atoms with Gasteiger partial charge in [0, 0.05) is 23.2 Å². The average Bonchev–Trinajstić information content (AvgIpc) is 3.19. The number of nitrogens with zero attached hydrogens (tertiary/aromatic N) is 2. The number of aliphatic hydroxyl groups is 1. The van der Waals surface area contributed by atoms with Gasteiger partial charge in [-0.2, -0.15) is 5.26 Å². The van der Waals surface area contributed by atoms with Crippen molar-refractivity contribution in [3.05, 3.63) is 57.6 Å². The molecule has 2 bridgehead atoms. The summed E-state index contributed by atoms with van der Waals surface area (Å²) in [6, 6.07) is 8.10. The summed E-state index contributed by atoms with van der Waals surface area (Å²) in [5.41, 5.74) is 8.98. The summed E-state index contributed by atoms with van der Waals surface area (Å²) < 4.78 is 11.1. The van der Waals surface area contributed by atoms with Crippen molar-refractivity contribution in [3.8, 4) is 23.8 Å². The zero-order chi connectivity index (χ0) is 29.1. The number of aromatic amines is 1. The van der Waals surface area contributed by atoms with Crippen LogP contribution in [0.4, 0.5) is 4.79 Å². The van der Waals surface area contributed by atoms with Crippen LogP contribution in [0.25, 0.3) is 0 Å². The number of carbonyl (C=O) groups excluding carboxylic acids is 1. The first-order valence-corrected chi connectivity index (χ1v) is 13.7. The molecule has 3 aliphatic carbocycles. The molecular weight excluding hydrogens is 506 g/mol. The van der Waals surface area contributed by atoms with E-state index in [-0.39, 0.29) is 35.3 Å². The molecule has 2 aromatic rings. The fourth-order valence-corrected chi connectivity index (χ4v) is 6.94. The van der Waals surface area contributed by atoms with Crippen LogP contribution >= 0.6 is 0 Å². The fraction of sp³-hybridized carbons (Fsp3) is 0.516. The molecule has 6 rings (SSSR count). The van der Waals surface area contributed by atoms with Crippen molar-refractivity contribution in [2.24, 2.45) is 22.5 Å². The van der Waals surface area contributed by atoms with E-state index < -0.39 is 11.0 Å². The van der Waals surface area contributed by atoms with Gasteiger partial charge in [-0.15, -0.1) is 5.10 Å². The number of hydrogen-bond acceptors (Lipinski definition) is 7. The molecule has 1 aromatic heterocycles.